The van der Waals surface area contributed by atoms with Crippen LogP contribution in [0.4, 0.5) is 0 Å². The molecule has 3 nitrogen and oxygen atoms in total. The summed E-state index contributed by atoms with van der Waals surface area (Å²) in [5.41, 5.74) is 0. The molecule has 22 heavy (non-hydrogen) atoms. The Balaban J connectivity index is 1.59. The molecule has 3 rings (SSSR count). The SMILES string of the molecule is C[C@@H]1CC[C@H]2C(C=C[C@H](C)[C@@H]2CC[C@@H]2C[C@@H](O)CC(=O)O2)C1. The summed E-state index contributed by atoms with van der Waals surface area (Å²) in [6.07, 6.45) is 11.1. The van der Waals surface area contributed by atoms with Crippen LogP contribution in [0.2, 0.25) is 0 Å². The molecule has 7 atom stereocenters. The van der Waals surface area contributed by atoms with E-state index in [-0.39, 0.29) is 18.5 Å². The van der Waals surface area contributed by atoms with Crippen molar-refractivity contribution >= 4 is 5.97 Å². The van der Waals surface area contributed by atoms with Crippen LogP contribution in [0.1, 0.15) is 58.8 Å². The van der Waals surface area contributed by atoms with Crippen LogP contribution < -0.4 is 0 Å². The van der Waals surface area contributed by atoms with Crippen LogP contribution in [0.5, 0.6) is 0 Å². The fraction of sp³-hybridized carbons (Fsp3) is 0.842. The van der Waals surface area contributed by atoms with Gasteiger partial charge in [-0.15, -0.1) is 0 Å². The Morgan fingerprint density at radius 2 is 2.00 bits per heavy atom. The Labute approximate surface area is 134 Å². The van der Waals surface area contributed by atoms with Gasteiger partial charge in [0, 0.05) is 6.42 Å². The lowest BCUT2D eigenvalue weighted by Crippen LogP contribution is -2.37. The third-order valence-corrected chi connectivity index (χ3v) is 6.16. The van der Waals surface area contributed by atoms with Crippen molar-refractivity contribution in [2.75, 3.05) is 0 Å². The first-order chi connectivity index (χ1) is 10.5. The number of carbonyl (C=O) groups excluding carboxylic acids is 1. The summed E-state index contributed by atoms with van der Waals surface area (Å²) in [6.45, 7) is 4.71. The second kappa shape index (κ2) is 6.74. The topological polar surface area (TPSA) is 46.5 Å². The molecule has 1 heterocycles. The maximum Gasteiger partial charge on any atom is 0.308 e. The van der Waals surface area contributed by atoms with Gasteiger partial charge in [0.05, 0.1) is 12.5 Å². The predicted octanol–water partition coefficient (Wildman–Crippen LogP) is 3.71. The van der Waals surface area contributed by atoms with Crippen molar-refractivity contribution in [1.29, 1.82) is 0 Å². The number of rotatable bonds is 3. The van der Waals surface area contributed by atoms with Gasteiger partial charge in [-0.2, -0.15) is 0 Å². The molecule has 0 bridgehead atoms. The predicted molar refractivity (Wildman–Crippen MR) is 86.1 cm³/mol. The minimum Gasteiger partial charge on any atom is -0.462 e. The lowest BCUT2D eigenvalue weighted by atomic mass is 9.62. The normalized spacial score (nSPS) is 45.2. The van der Waals surface area contributed by atoms with E-state index in [1.165, 1.54) is 19.3 Å². The summed E-state index contributed by atoms with van der Waals surface area (Å²) in [5.74, 6) is 3.52. The number of aliphatic hydroxyl groups excluding tert-OH is 1. The molecule has 0 aromatic heterocycles. The molecule has 124 valence electrons. The monoisotopic (exact) mass is 306 g/mol. The van der Waals surface area contributed by atoms with Crippen LogP contribution in [0, 0.1) is 29.6 Å². The molecule has 3 heteroatoms. The zero-order valence-corrected chi connectivity index (χ0v) is 13.9. The second-order valence-electron chi connectivity index (χ2n) is 7.94. The highest BCUT2D eigenvalue weighted by atomic mass is 16.5. The van der Waals surface area contributed by atoms with Crippen molar-refractivity contribution in [1.82, 2.24) is 0 Å². The van der Waals surface area contributed by atoms with Crippen LogP contribution in [0.15, 0.2) is 12.2 Å². The lowest BCUT2D eigenvalue weighted by molar-refractivity contribution is -0.160. The van der Waals surface area contributed by atoms with E-state index in [4.69, 9.17) is 4.74 Å². The molecule has 1 aliphatic heterocycles. The van der Waals surface area contributed by atoms with Gasteiger partial charge >= 0.3 is 5.97 Å². The Bertz CT molecular complexity index is 430. The molecule has 2 fully saturated rings. The number of cyclic esters (lactones) is 1. The number of ether oxygens (including phenoxy) is 1. The first-order valence-electron chi connectivity index (χ1n) is 9.08. The number of aliphatic hydroxyl groups is 1. The minimum absolute atomic E-state index is 0.0738. The Morgan fingerprint density at radius 1 is 1.18 bits per heavy atom. The van der Waals surface area contributed by atoms with Crippen LogP contribution in [-0.4, -0.2) is 23.3 Å². The molecule has 0 radical (unpaired) electrons. The van der Waals surface area contributed by atoms with Crippen molar-refractivity contribution in [3.8, 4) is 0 Å². The molecule has 0 aromatic rings. The van der Waals surface area contributed by atoms with E-state index in [1.54, 1.807) is 0 Å². The maximum atomic E-state index is 11.5. The molecule has 2 aliphatic carbocycles. The summed E-state index contributed by atoms with van der Waals surface area (Å²) in [6, 6.07) is 0. The Morgan fingerprint density at radius 3 is 2.77 bits per heavy atom. The first kappa shape index (κ1) is 16.0. The smallest absolute Gasteiger partial charge is 0.308 e. The third kappa shape index (κ3) is 3.56. The summed E-state index contributed by atoms with van der Waals surface area (Å²) >= 11 is 0. The Hall–Kier alpha value is -0.830. The Kier molecular flexibility index (Phi) is 4.91. The van der Waals surface area contributed by atoms with E-state index in [1.807, 2.05) is 0 Å². The highest BCUT2D eigenvalue weighted by Gasteiger charge is 2.38. The number of carbonyl (C=O) groups is 1. The van der Waals surface area contributed by atoms with Crippen molar-refractivity contribution < 1.29 is 14.6 Å². The minimum atomic E-state index is -0.502. The lowest BCUT2D eigenvalue weighted by Gasteiger charge is -2.44. The van der Waals surface area contributed by atoms with Crippen LogP contribution in [-0.2, 0) is 9.53 Å². The van der Waals surface area contributed by atoms with Gasteiger partial charge in [0.2, 0.25) is 0 Å². The van der Waals surface area contributed by atoms with Gasteiger partial charge in [-0.05, 0) is 55.3 Å². The van der Waals surface area contributed by atoms with Crippen molar-refractivity contribution in [3.05, 3.63) is 12.2 Å². The quantitative estimate of drug-likeness (QED) is 0.638. The van der Waals surface area contributed by atoms with E-state index in [0.717, 1.165) is 30.6 Å². The summed E-state index contributed by atoms with van der Waals surface area (Å²) in [4.78, 5) is 11.5. The van der Waals surface area contributed by atoms with Crippen LogP contribution >= 0.6 is 0 Å². The average molecular weight is 306 g/mol. The van der Waals surface area contributed by atoms with Gasteiger partial charge in [0.1, 0.15) is 6.10 Å². The second-order valence-corrected chi connectivity index (χ2v) is 7.94. The number of hydrogen-bond acceptors (Lipinski definition) is 3. The van der Waals surface area contributed by atoms with E-state index < -0.39 is 6.10 Å². The molecular weight excluding hydrogens is 276 g/mol. The highest BCUT2D eigenvalue weighted by Crippen LogP contribution is 2.46. The molecule has 0 spiro atoms. The summed E-state index contributed by atoms with van der Waals surface area (Å²) in [7, 11) is 0. The van der Waals surface area contributed by atoms with E-state index >= 15 is 0 Å². The number of allylic oxidation sites excluding steroid dienone is 2. The zero-order chi connectivity index (χ0) is 15.7. The van der Waals surface area contributed by atoms with Gasteiger partial charge in [-0.25, -0.2) is 0 Å². The fourth-order valence-electron chi connectivity index (χ4n) is 4.95. The first-order valence-corrected chi connectivity index (χ1v) is 9.08. The van der Waals surface area contributed by atoms with Gasteiger partial charge in [-0.3, -0.25) is 4.79 Å². The van der Waals surface area contributed by atoms with Gasteiger partial charge in [0.15, 0.2) is 0 Å². The molecular formula is C19H30O3. The zero-order valence-electron chi connectivity index (χ0n) is 13.9. The van der Waals surface area contributed by atoms with E-state index in [0.29, 0.717) is 18.3 Å². The number of fused-ring (bicyclic) bond motifs is 1. The maximum absolute atomic E-state index is 11.5. The number of hydrogen-bond donors (Lipinski definition) is 1. The molecule has 0 aromatic carbocycles. The van der Waals surface area contributed by atoms with Gasteiger partial charge in [0.25, 0.3) is 0 Å². The number of esters is 1. The molecule has 3 aliphatic rings. The highest BCUT2D eigenvalue weighted by molar-refractivity contribution is 5.70. The van der Waals surface area contributed by atoms with Crippen molar-refractivity contribution in [3.63, 3.8) is 0 Å². The van der Waals surface area contributed by atoms with E-state index in [2.05, 4.69) is 26.0 Å². The summed E-state index contributed by atoms with van der Waals surface area (Å²) in [5, 5.41) is 9.74. The average Bonchev–Trinajstić information content (AvgIpc) is 2.45. The van der Waals surface area contributed by atoms with Crippen LogP contribution in [0.25, 0.3) is 0 Å². The third-order valence-electron chi connectivity index (χ3n) is 6.16. The van der Waals surface area contributed by atoms with Gasteiger partial charge < -0.3 is 9.84 Å². The summed E-state index contributed by atoms with van der Waals surface area (Å²) < 4.78 is 5.42. The van der Waals surface area contributed by atoms with Crippen molar-refractivity contribution in [2.45, 2.75) is 71.0 Å². The van der Waals surface area contributed by atoms with Crippen molar-refractivity contribution in [2.24, 2.45) is 29.6 Å². The fourth-order valence-corrected chi connectivity index (χ4v) is 4.95. The molecule has 1 saturated heterocycles. The van der Waals surface area contributed by atoms with E-state index in [9.17, 15) is 9.90 Å². The molecule has 1 saturated carbocycles. The van der Waals surface area contributed by atoms with Crippen LogP contribution in [0.3, 0.4) is 0 Å². The molecule has 0 amide bonds. The van der Waals surface area contributed by atoms with Gasteiger partial charge in [-0.1, -0.05) is 32.4 Å². The largest absolute Gasteiger partial charge is 0.462 e. The molecule has 1 N–H and O–H groups in total. The molecule has 1 unspecified atom stereocenters. The standard InChI is InChI=1S/C19H30O3/c1-12-3-7-18-14(9-12)5-4-13(2)17(18)8-6-16-10-15(20)11-19(21)22-16/h4-5,12-18,20H,3,6-11H2,1-2H3/t12-,13+,14?,15-,16-,17+,18+/m1/s1.